The smallest absolute Gasteiger partial charge is 0.227 e. The lowest BCUT2D eigenvalue weighted by Crippen LogP contribution is -2.37. The summed E-state index contributed by atoms with van der Waals surface area (Å²) in [6.45, 7) is 3.30. The molecule has 2 aliphatic rings. The number of ether oxygens (including phenoxy) is 1. The standard InChI is InChI=1S/C11H16N4O/c1-2-9(1)13-10-3-4-12-11(14-10)15-5-7-16-8-6-15/h3-4,9H,1-2,5-8H2,(H,12,13,14). The molecule has 16 heavy (non-hydrogen) atoms. The van der Waals surface area contributed by atoms with Crippen LogP contribution in [0.25, 0.3) is 0 Å². The highest BCUT2D eigenvalue weighted by Crippen LogP contribution is 2.24. The molecular formula is C11H16N4O. The highest BCUT2D eigenvalue weighted by atomic mass is 16.5. The largest absolute Gasteiger partial charge is 0.378 e. The third-order valence-electron chi connectivity index (χ3n) is 2.87. The summed E-state index contributed by atoms with van der Waals surface area (Å²) >= 11 is 0. The zero-order valence-corrected chi connectivity index (χ0v) is 9.22. The Kier molecular flexibility index (Phi) is 2.61. The molecule has 2 fully saturated rings. The Balaban J connectivity index is 1.72. The SMILES string of the molecule is c1cc(NC2CC2)nc(N2CCOCC2)n1. The maximum Gasteiger partial charge on any atom is 0.227 e. The van der Waals surface area contributed by atoms with E-state index in [-0.39, 0.29) is 0 Å². The van der Waals surface area contributed by atoms with E-state index >= 15 is 0 Å². The van der Waals surface area contributed by atoms with Gasteiger partial charge in [0.15, 0.2) is 0 Å². The lowest BCUT2D eigenvalue weighted by atomic mass is 10.4. The van der Waals surface area contributed by atoms with E-state index < -0.39 is 0 Å². The quantitative estimate of drug-likeness (QED) is 0.819. The number of morpholine rings is 1. The zero-order chi connectivity index (χ0) is 10.8. The van der Waals surface area contributed by atoms with Crippen molar-refractivity contribution in [2.75, 3.05) is 36.5 Å². The molecule has 1 saturated heterocycles. The van der Waals surface area contributed by atoms with Crippen LogP contribution in [0.2, 0.25) is 0 Å². The predicted molar refractivity (Wildman–Crippen MR) is 61.7 cm³/mol. The Morgan fingerprint density at radius 1 is 1.31 bits per heavy atom. The summed E-state index contributed by atoms with van der Waals surface area (Å²) in [7, 11) is 0. The van der Waals surface area contributed by atoms with Crippen molar-refractivity contribution in [2.24, 2.45) is 0 Å². The van der Waals surface area contributed by atoms with Crippen molar-refractivity contribution in [1.82, 2.24) is 9.97 Å². The first-order valence-corrected chi connectivity index (χ1v) is 5.84. The minimum Gasteiger partial charge on any atom is -0.378 e. The molecule has 1 saturated carbocycles. The monoisotopic (exact) mass is 220 g/mol. The molecule has 86 valence electrons. The molecule has 3 rings (SSSR count). The molecule has 5 heteroatoms. The molecule has 1 aromatic heterocycles. The van der Waals surface area contributed by atoms with Crippen LogP contribution < -0.4 is 10.2 Å². The molecule has 0 spiro atoms. The van der Waals surface area contributed by atoms with Gasteiger partial charge < -0.3 is 15.0 Å². The van der Waals surface area contributed by atoms with Crippen LogP contribution in [-0.4, -0.2) is 42.3 Å². The van der Waals surface area contributed by atoms with Crippen molar-refractivity contribution in [2.45, 2.75) is 18.9 Å². The normalized spacial score (nSPS) is 20.9. The first kappa shape index (κ1) is 9.84. The third-order valence-corrected chi connectivity index (χ3v) is 2.87. The number of hydrogen-bond donors (Lipinski definition) is 1. The van der Waals surface area contributed by atoms with Gasteiger partial charge in [0.05, 0.1) is 13.2 Å². The highest BCUT2D eigenvalue weighted by molar-refractivity contribution is 5.42. The van der Waals surface area contributed by atoms with Gasteiger partial charge in [-0.3, -0.25) is 0 Å². The summed E-state index contributed by atoms with van der Waals surface area (Å²) in [5.74, 6) is 1.76. The Labute approximate surface area is 94.8 Å². The second-order valence-electron chi connectivity index (χ2n) is 4.26. The van der Waals surface area contributed by atoms with Crippen LogP contribution >= 0.6 is 0 Å². The molecule has 2 heterocycles. The number of hydrogen-bond acceptors (Lipinski definition) is 5. The lowest BCUT2D eigenvalue weighted by molar-refractivity contribution is 0.122. The average molecular weight is 220 g/mol. The molecule has 0 atom stereocenters. The summed E-state index contributed by atoms with van der Waals surface area (Å²) in [4.78, 5) is 11.0. The molecule has 1 aliphatic carbocycles. The molecule has 0 radical (unpaired) electrons. The highest BCUT2D eigenvalue weighted by Gasteiger charge is 2.22. The van der Waals surface area contributed by atoms with Crippen LogP contribution in [-0.2, 0) is 4.74 Å². The summed E-state index contributed by atoms with van der Waals surface area (Å²) in [5.41, 5.74) is 0. The van der Waals surface area contributed by atoms with Crippen molar-refractivity contribution in [1.29, 1.82) is 0 Å². The number of nitrogens with zero attached hydrogens (tertiary/aromatic N) is 3. The average Bonchev–Trinajstić information content (AvgIpc) is 3.15. The van der Waals surface area contributed by atoms with Crippen molar-refractivity contribution >= 4 is 11.8 Å². The fourth-order valence-corrected chi connectivity index (χ4v) is 1.78. The molecule has 0 bridgehead atoms. The minimum absolute atomic E-state index is 0.632. The van der Waals surface area contributed by atoms with Gasteiger partial charge in [0.2, 0.25) is 5.95 Å². The molecular weight excluding hydrogens is 204 g/mol. The van der Waals surface area contributed by atoms with E-state index in [0.717, 1.165) is 38.1 Å². The van der Waals surface area contributed by atoms with Gasteiger partial charge in [0.25, 0.3) is 0 Å². The van der Waals surface area contributed by atoms with Gasteiger partial charge in [-0.15, -0.1) is 0 Å². The van der Waals surface area contributed by atoms with E-state index in [2.05, 4.69) is 20.2 Å². The summed E-state index contributed by atoms with van der Waals surface area (Å²) in [6.07, 6.45) is 4.34. The van der Waals surface area contributed by atoms with E-state index in [1.165, 1.54) is 12.8 Å². The van der Waals surface area contributed by atoms with Gasteiger partial charge in [-0.2, -0.15) is 4.98 Å². The molecule has 5 nitrogen and oxygen atoms in total. The minimum atomic E-state index is 0.632. The molecule has 1 aromatic rings. The van der Waals surface area contributed by atoms with Gasteiger partial charge in [0.1, 0.15) is 5.82 Å². The summed E-state index contributed by atoms with van der Waals surface area (Å²) in [6, 6.07) is 2.56. The Bertz CT molecular complexity index is 361. The Morgan fingerprint density at radius 3 is 2.88 bits per heavy atom. The van der Waals surface area contributed by atoms with Crippen molar-refractivity contribution in [3.8, 4) is 0 Å². The van der Waals surface area contributed by atoms with Crippen molar-refractivity contribution < 1.29 is 4.74 Å². The number of anilines is 2. The van der Waals surface area contributed by atoms with Gasteiger partial charge >= 0.3 is 0 Å². The fraction of sp³-hybridized carbons (Fsp3) is 0.636. The van der Waals surface area contributed by atoms with E-state index in [4.69, 9.17) is 4.74 Å². The molecule has 0 unspecified atom stereocenters. The number of aromatic nitrogens is 2. The van der Waals surface area contributed by atoms with E-state index in [1.54, 1.807) is 0 Å². The predicted octanol–water partition coefficient (Wildman–Crippen LogP) is 0.887. The first-order valence-electron chi connectivity index (χ1n) is 5.84. The Morgan fingerprint density at radius 2 is 2.12 bits per heavy atom. The van der Waals surface area contributed by atoms with Crippen LogP contribution in [0, 0.1) is 0 Å². The Hall–Kier alpha value is -1.36. The van der Waals surface area contributed by atoms with Crippen LogP contribution in [0.15, 0.2) is 12.3 Å². The number of nitrogens with one attached hydrogen (secondary N) is 1. The third kappa shape index (κ3) is 2.24. The van der Waals surface area contributed by atoms with Crippen LogP contribution in [0.1, 0.15) is 12.8 Å². The first-order chi connectivity index (χ1) is 7.92. The lowest BCUT2D eigenvalue weighted by Gasteiger charge is -2.26. The van der Waals surface area contributed by atoms with Gasteiger partial charge in [-0.1, -0.05) is 0 Å². The topological polar surface area (TPSA) is 50.3 Å². The summed E-state index contributed by atoms with van der Waals surface area (Å²) < 4.78 is 5.31. The van der Waals surface area contributed by atoms with Crippen LogP contribution in [0.5, 0.6) is 0 Å². The van der Waals surface area contributed by atoms with Gasteiger partial charge in [-0.25, -0.2) is 4.98 Å². The zero-order valence-electron chi connectivity index (χ0n) is 9.22. The maximum absolute atomic E-state index is 5.31. The molecule has 0 aromatic carbocycles. The molecule has 1 N–H and O–H groups in total. The van der Waals surface area contributed by atoms with E-state index in [0.29, 0.717) is 6.04 Å². The molecule has 1 aliphatic heterocycles. The van der Waals surface area contributed by atoms with E-state index in [9.17, 15) is 0 Å². The van der Waals surface area contributed by atoms with Crippen molar-refractivity contribution in [3.63, 3.8) is 0 Å². The van der Waals surface area contributed by atoms with Crippen LogP contribution in [0.4, 0.5) is 11.8 Å². The van der Waals surface area contributed by atoms with Crippen molar-refractivity contribution in [3.05, 3.63) is 12.3 Å². The fourth-order valence-electron chi connectivity index (χ4n) is 1.78. The summed E-state index contributed by atoms with van der Waals surface area (Å²) in [5, 5.41) is 3.39. The second kappa shape index (κ2) is 4.25. The van der Waals surface area contributed by atoms with Gasteiger partial charge in [0, 0.05) is 25.3 Å². The maximum atomic E-state index is 5.31. The second-order valence-corrected chi connectivity index (χ2v) is 4.26. The van der Waals surface area contributed by atoms with E-state index in [1.807, 2.05) is 12.3 Å². The molecule has 0 amide bonds. The number of rotatable bonds is 3. The van der Waals surface area contributed by atoms with Crippen LogP contribution in [0.3, 0.4) is 0 Å². The van der Waals surface area contributed by atoms with Gasteiger partial charge in [-0.05, 0) is 18.9 Å².